The second-order valence-electron chi connectivity index (χ2n) is 4.62. The molecule has 0 spiro atoms. The fourth-order valence-electron chi connectivity index (χ4n) is 2.43. The second-order valence-corrected chi connectivity index (χ2v) is 4.62. The zero-order valence-electron chi connectivity index (χ0n) is 9.12. The molecule has 1 saturated carbocycles. The van der Waals surface area contributed by atoms with Gasteiger partial charge in [-0.25, -0.2) is 0 Å². The van der Waals surface area contributed by atoms with Crippen LogP contribution in [0.4, 0.5) is 0 Å². The highest BCUT2D eigenvalue weighted by Crippen LogP contribution is 2.41. The number of nitrogens with one attached hydrogen (secondary N) is 1. The van der Waals surface area contributed by atoms with Gasteiger partial charge in [0.1, 0.15) is 0 Å². The van der Waals surface area contributed by atoms with Crippen LogP contribution in [0.2, 0.25) is 0 Å². The molecule has 2 nitrogen and oxygen atoms in total. The van der Waals surface area contributed by atoms with Crippen molar-refractivity contribution in [2.24, 2.45) is 0 Å². The minimum absolute atomic E-state index is 0.406. The Balaban J connectivity index is 1.91. The molecule has 1 aromatic rings. The zero-order valence-corrected chi connectivity index (χ0v) is 9.12. The molecule has 0 radical (unpaired) electrons. The van der Waals surface area contributed by atoms with Gasteiger partial charge in [-0.1, -0.05) is 18.2 Å². The molecule has 1 atom stereocenters. The molecule has 80 valence electrons. The molecule has 0 bridgehead atoms. The maximum atomic E-state index is 5.24. The molecule has 3 rings (SSSR count). The Morgan fingerprint density at radius 1 is 1.40 bits per heavy atom. The van der Waals surface area contributed by atoms with Crippen LogP contribution < -0.4 is 5.32 Å². The summed E-state index contributed by atoms with van der Waals surface area (Å²) in [6.07, 6.45) is 2.75. The van der Waals surface area contributed by atoms with E-state index in [9.17, 15) is 0 Å². The van der Waals surface area contributed by atoms with E-state index in [1.807, 2.05) is 0 Å². The van der Waals surface area contributed by atoms with Crippen molar-refractivity contribution < 1.29 is 4.74 Å². The van der Waals surface area contributed by atoms with Crippen molar-refractivity contribution in [2.75, 3.05) is 13.7 Å². The summed E-state index contributed by atoms with van der Waals surface area (Å²) >= 11 is 0. The highest BCUT2D eigenvalue weighted by atomic mass is 16.5. The molecule has 1 fully saturated rings. The van der Waals surface area contributed by atoms with Gasteiger partial charge in [-0.15, -0.1) is 0 Å². The van der Waals surface area contributed by atoms with E-state index in [0.717, 1.165) is 19.1 Å². The van der Waals surface area contributed by atoms with Crippen molar-refractivity contribution in [3.05, 3.63) is 34.9 Å². The van der Waals surface area contributed by atoms with Crippen LogP contribution in [0.25, 0.3) is 0 Å². The van der Waals surface area contributed by atoms with Gasteiger partial charge in [0.15, 0.2) is 0 Å². The molecule has 1 unspecified atom stereocenters. The molecule has 2 aliphatic rings. The van der Waals surface area contributed by atoms with Gasteiger partial charge in [0.05, 0.1) is 12.6 Å². The van der Waals surface area contributed by atoms with Gasteiger partial charge >= 0.3 is 0 Å². The van der Waals surface area contributed by atoms with Crippen LogP contribution in [-0.4, -0.2) is 13.7 Å². The lowest BCUT2D eigenvalue weighted by atomic mass is 10.00. The van der Waals surface area contributed by atoms with Crippen LogP contribution in [0.3, 0.4) is 0 Å². The lowest BCUT2D eigenvalue weighted by Crippen LogP contribution is -2.16. The van der Waals surface area contributed by atoms with Crippen LogP contribution in [0, 0.1) is 0 Å². The molecule has 0 saturated heterocycles. The summed E-state index contributed by atoms with van der Waals surface area (Å²) in [4.78, 5) is 0. The van der Waals surface area contributed by atoms with E-state index in [2.05, 4.69) is 23.5 Å². The van der Waals surface area contributed by atoms with Crippen molar-refractivity contribution >= 4 is 0 Å². The van der Waals surface area contributed by atoms with E-state index < -0.39 is 0 Å². The zero-order chi connectivity index (χ0) is 10.3. The van der Waals surface area contributed by atoms with E-state index in [1.165, 1.54) is 29.5 Å². The van der Waals surface area contributed by atoms with E-state index in [4.69, 9.17) is 4.74 Å². The summed E-state index contributed by atoms with van der Waals surface area (Å²) in [5, 5.41) is 3.48. The molecule has 2 heteroatoms. The van der Waals surface area contributed by atoms with E-state index >= 15 is 0 Å². The van der Waals surface area contributed by atoms with Gasteiger partial charge < -0.3 is 10.1 Å². The largest absolute Gasteiger partial charge is 0.383 e. The van der Waals surface area contributed by atoms with Crippen molar-refractivity contribution in [2.45, 2.75) is 31.3 Å². The first-order chi connectivity index (χ1) is 7.38. The van der Waals surface area contributed by atoms with Gasteiger partial charge in [-0.05, 0) is 35.4 Å². The van der Waals surface area contributed by atoms with Crippen LogP contribution >= 0.6 is 0 Å². The van der Waals surface area contributed by atoms with Crippen LogP contribution in [0.1, 0.15) is 41.5 Å². The quantitative estimate of drug-likeness (QED) is 0.814. The average Bonchev–Trinajstić information content (AvgIpc) is 3.03. The predicted octanol–water partition coefficient (Wildman–Crippen LogP) is 2.35. The molecular weight excluding hydrogens is 186 g/mol. The minimum atomic E-state index is 0.406. The number of fused-ring (bicyclic) bond motifs is 1. The Morgan fingerprint density at radius 3 is 3.00 bits per heavy atom. The first-order valence-electron chi connectivity index (χ1n) is 5.73. The molecule has 1 aromatic carbocycles. The van der Waals surface area contributed by atoms with Crippen molar-refractivity contribution in [3.8, 4) is 0 Å². The summed E-state index contributed by atoms with van der Waals surface area (Å²) in [6, 6.07) is 7.37. The molecule has 1 N–H and O–H groups in total. The Hall–Kier alpha value is -0.860. The number of benzene rings is 1. The molecule has 1 heterocycles. The van der Waals surface area contributed by atoms with Gasteiger partial charge in [-0.2, -0.15) is 0 Å². The fourth-order valence-corrected chi connectivity index (χ4v) is 2.43. The SMILES string of the molecule is COCC1NCc2ccc(C3CC3)cc21. The van der Waals surface area contributed by atoms with E-state index in [0.29, 0.717) is 6.04 Å². The number of hydrogen-bond donors (Lipinski definition) is 1. The second kappa shape index (κ2) is 3.62. The minimum Gasteiger partial charge on any atom is -0.383 e. The monoisotopic (exact) mass is 203 g/mol. The molecule has 0 aromatic heterocycles. The Bertz CT molecular complexity index is 369. The van der Waals surface area contributed by atoms with Crippen LogP contribution in [0.5, 0.6) is 0 Å². The number of hydrogen-bond acceptors (Lipinski definition) is 2. The lowest BCUT2D eigenvalue weighted by Gasteiger charge is -2.11. The summed E-state index contributed by atoms with van der Waals surface area (Å²) in [5.74, 6) is 0.846. The van der Waals surface area contributed by atoms with Gasteiger partial charge in [-0.3, -0.25) is 0 Å². The molecular formula is C13H17NO. The third-order valence-corrected chi connectivity index (χ3v) is 3.47. The van der Waals surface area contributed by atoms with Gasteiger partial charge in [0.25, 0.3) is 0 Å². The normalized spacial score (nSPS) is 24.2. The summed E-state index contributed by atoms with van der Waals surface area (Å²) in [7, 11) is 1.77. The fraction of sp³-hybridized carbons (Fsp3) is 0.538. The van der Waals surface area contributed by atoms with Crippen LogP contribution in [-0.2, 0) is 11.3 Å². The van der Waals surface area contributed by atoms with E-state index in [-0.39, 0.29) is 0 Å². The Labute approximate surface area is 90.6 Å². The standard InChI is InChI=1S/C13H17NO/c1-15-8-13-12-6-10(9-2-3-9)4-5-11(12)7-14-13/h4-6,9,13-14H,2-3,7-8H2,1H3. The average molecular weight is 203 g/mol. The van der Waals surface area contributed by atoms with Crippen molar-refractivity contribution in [3.63, 3.8) is 0 Å². The summed E-state index contributed by atoms with van der Waals surface area (Å²) in [6.45, 7) is 1.77. The molecule has 15 heavy (non-hydrogen) atoms. The Kier molecular flexibility index (Phi) is 2.26. The highest BCUT2D eigenvalue weighted by Gasteiger charge is 2.27. The van der Waals surface area contributed by atoms with Gasteiger partial charge in [0, 0.05) is 13.7 Å². The van der Waals surface area contributed by atoms with Gasteiger partial charge in [0.2, 0.25) is 0 Å². The highest BCUT2D eigenvalue weighted by molar-refractivity contribution is 5.40. The molecule has 1 aliphatic heterocycles. The van der Waals surface area contributed by atoms with Crippen molar-refractivity contribution in [1.29, 1.82) is 0 Å². The summed E-state index contributed by atoms with van der Waals surface area (Å²) < 4.78 is 5.24. The number of rotatable bonds is 3. The number of methoxy groups -OCH3 is 1. The molecule has 0 amide bonds. The maximum absolute atomic E-state index is 5.24. The smallest absolute Gasteiger partial charge is 0.0657 e. The third-order valence-electron chi connectivity index (χ3n) is 3.47. The van der Waals surface area contributed by atoms with E-state index in [1.54, 1.807) is 7.11 Å². The topological polar surface area (TPSA) is 21.3 Å². The number of ether oxygens (including phenoxy) is 1. The van der Waals surface area contributed by atoms with Crippen LogP contribution in [0.15, 0.2) is 18.2 Å². The van der Waals surface area contributed by atoms with Crippen molar-refractivity contribution in [1.82, 2.24) is 5.32 Å². The first-order valence-corrected chi connectivity index (χ1v) is 5.73. The third kappa shape index (κ3) is 1.68. The predicted molar refractivity (Wildman–Crippen MR) is 59.9 cm³/mol. The Morgan fingerprint density at radius 2 is 2.27 bits per heavy atom. The lowest BCUT2D eigenvalue weighted by molar-refractivity contribution is 0.171. The maximum Gasteiger partial charge on any atom is 0.0657 e. The first kappa shape index (κ1) is 9.37. The molecule has 1 aliphatic carbocycles. The summed E-state index contributed by atoms with van der Waals surface area (Å²) in [5.41, 5.74) is 4.43.